The van der Waals surface area contributed by atoms with Crippen molar-refractivity contribution in [2.75, 3.05) is 7.11 Å². The molecular formula is C10H15BrN2O2. The summed E-state index contributed by atoms with van der Waals surface area (Å²) in [5, 5.41) is 3.12. The van der Waals surface area contributed by atoms with Gasteiger partial charge in [-0.1, -0.05) is 12.8 Å². The standard InChI is InChI=1S/C10H15BrN2O2/c1-15-6-8-9(11)10(14)13(12-8)7-4-2-3-5-7/h7,12H,2-6H2,1H3. The molecule has 0 saturated heterocycles. The van der Waals surface area contributed by atoms with Crippen LogP contribution in [0.4, 0.5) is 0 Å². The molecule has 4 nitrogen and oxygen atoms in total. The normalized spacial score (nSPS) is 17.5. The number of nitrogens with zero attached hydrogens (tertiary/aromatic N) is 1. The molecule has 1 saturated carbocycles. The lowest BCUT2D eigenvalue weighted by atomic mass is 10.3. The van der Waals surface area contributed by atoms with Gasteiger partial charge in [0, 0.05) is 7.11 Å². The van der Waals surface area contributed by atoms with Gasteiger partial charge in [0.1, 0.15) is 4.47 Å². The number of H-pyrrole nitrogens is 1. The van der Waals surface area contributed by atoms with Crippen molar-refractivity contribution in [1.29, 1.82) is 0 Å². The summed E-state index contributed by atoms with van der Waals surface area (Å²) in [5.41, 5.74) is 0.864. The second-order valence-electron chi connectivity index (χ2n) is 3.95. The van der Waals surface area contributed by atoms with Crippen molar-refractivity contribution in [2.45, 2.75) is 38.3 Å². The van der Waals surface area contributed by atoms with Crippen LogP contribution < -0.4 is 5.56 Å². The topological polar surface area (TPSA) is 47.0 Å². The number of hydrogen-bond donors (Lipinski definition) is 1. The molecule has 0 amide bonds. The molecule has 0 spiro atoms. The van der Waals surface area contributed by atoms with Gasteiger partial charge < -0.3 is 4.74 Å². The predicted octanol–water partition coefficient (Wildman–Crippen LogP) is 2.20. The van der Waals surface area contributed by atoms with E-state index < -0.39 is 0 Å². The van der Waals surface area contributed by atoms with Crippen LogP contribution in [0.2, 0.25) is 0 Å². The highest BCUT2D eigenvalue weighted by Gasteiger charge is 2.21. The smallest absolute Gasteiger partial charge is 0.281 e. The van der Waals surface area contributed by atoms with E-state index in [2.05, 4.69) is 21.0 Å². The van der Waals surface area contributed by atoms with Crippen LogP contribution in [0.3, 0.4) is 0 Å². The van der Waals surface area contributed by atoms with Gasteiger partial charge in [-0.25, -0.2) is 4.68 Å². The van der Waals surface area contributed by atoms with E-state index in [1.54, 1.807) is 11.8 Å². The van der Waals surface area contributed by atoms with Crippen molar-refractivity contribution in [3.8, 4) is 0 Å². The van der Waals surface area contributed by atoms with E-state index in [0.29, 0.717) is 17.1 Å². The molecule has 2 rings (SSSR count). The molecule has 0 aromatic carbocycles. The van der Waals surface area contributed by atoms with Crippen LogP contribution in [0.1, 0.15) is 37.4 Å². The third-order valence-electron chi connectivity index (χ3n) is 2.91. The van der Waals surface area contributed by atoms with Gasteiger partial charge >= 0.3 is 0 Å². The molecule has 1 aromatic rings. The first-order valence-corrected chi connectivity index (χ1v) is 6.01. The Morgan fingerprint density at radius 1 is 1.53 bits per heavy atom. The lowest BCUT2D eigenvalue weighted by Crippen LogP contribution is -2.20. The third-order valence-corrected chi connectivity index (χ3v) is 3.72. The molecule has 84 valence electrons. The Morgan fingerprint density at radius 2 is 2.20 bits per heavy atom. The van der Waals surface area contributed by atoms with Gasteiger partial charge in [0.25, 0.3) is 5.56 Å². The van der Waals surface area contributed by atoms with E-state index in [1.165, 1.54) is 12.8 Å². The highest BCUT2D eigenvalue weighted by atomic mass is 79.9. The molecule has 0 radical (unpaired) electrons. The predicted molar refractivity (Wildman–Crippen MR) is 61.0 cm³/mol. The highest BCUT2D eigenvalue weighted by molar-refractivity contribution is 9.10. The molecule has 0 bridgehead atoms. The third kappa shape index (κ3) is 2.03. The van der Waals surface area contributed by atoms with Gasteiger partial charge in [-0.3, -0.25) is 9.89 Å². The zero-order valence-corrected chi connectivity index (χ0v) is 10.3. The Labute approximate surface area is 96.7 Å². The first-order chi connectivity index (χ1) is 7.24. The van der Waals surface area contributed by atoms with Crippen LogP contribution in [0.25, 0.3) is 0 Å². The Balaban J connectivity index is 2.31. The Bertz CT molecular complexity index is 391. The first kappa shape index (κ1) is 11.0. The van der Waals surface area contributed by atoms with Crippen molar-refractivity contribution in [3.05, 3.63) is 20.5 Å². The molecule has 1 heterocycles. The number of aromatic amines is 1. The molecule has 0 unspecified atom stereocenters. The van der Waals surface area contributed by atoms with E-state index in [4.69, 9.17) is 4.74 Å². The second-order valence-corrected chi connectivity index (χ2v) is 4.74. The van der Waals surface area contributed by atoms with Crippen molar-refractivity contribution in [2.24, 2.45) is 0 Å². The fourth-order valence-electron chi connectivity index (χ4n) is 2.14. The van der Waals surface area contributed by atoms with Crippen molar-refractivity contribution in [3.63, 3.8) is 0 Å². The number of nitrogens with one attached hydrogen (secondary N) is 1. The fourth-order valence-corrected chi connectivity index (χ4v) is 2.53. The van der Waals surface area contributed by atoms with Gasteiger partial charge in [0.15, 0.2) is 0 Å². The molecular weight excluding hydrogens is 260 g/mol. The zero-order valence-electron chi connectivity index (χ0n) is 8.75. The Kier molecular flexibility index (Phi) is 3.31. The summed E-state index contributed by atoms with van der Waals surface area (Å²) in [6.45, 7) is 0.440. The summed E-state index contributed by atoms with van der Waals surface area (Å²) in [6, 6.07) is 0.347. The summed E-state index contributed by atoms with van der Waals surface area (Å²) in [7, 11) is 1.62. The number of halogens is 1. The van der Waals surface area contributed by atoms with E-state index in [9.17, 15) is 4.79 Å². The number of methoxy groups -OCH3 is 1. The number of ether oxygens (including phenoxy) is 1. The van der Waals surface area contributed by atoms with Gasteiger partial charge in [-0.15, -0.1) is 0 Å². The van der Waals surface area contributed by atoms with Gasteiger partial charge in [0.2, 0.25) is 0 Å². The summed E-state index contributed by atoms with van der Waals surface area (Å²) < 4.78 is 7.38. The average molecular weight is 275 g/mol. The molecule has 1 aliphatic carbocycles. The second kappa shape index (κ2) is 4.53. The lowest BCUT2D eigenvalue weighted by molar-refractivity contribution is 0.180. The summed E-state index contributed by atoms with van der Waals surface area (Å²) in [4.78, 5) is 11.9. The zero-order chi connectivity index (χ0) is 10.8. The summed E-state index contributed by atoms with van der Waals surface area (Å²) >= 11 is 3.30. The number of aromatic nitrogens is 2. The number of hydrogen-bond acceptors (Lipinski definition) is 2. The van der Waals surface area contributed by atoms with Crippen LogP contribution in [-0.4, -0.2) is 16.9 Å². The maximum atomic E-state index is 11.9. The van der Waals surface area contributed by atoms with Gasteiger partial charge in [-0.2, -0.15) is 0 Å². The van der Waals surface area contributed by atoms with Crippen LogP contribution in [0.5, 0.6) is 0 Å². The van der Waals surface area contributed by atoms with Crippen molar-refractivity contribution < 1.29 is 4.74 Å². The van der Waals surface area contributed by atoms with Crippen LogP contribution in [0.15, 0.2) is 9.27 Å². The SMILES string of the molecule is COCc1[nH]n(C2CCCC2)c(=O)c1Br. The van der Waals surface area contributed by atoms with Gasteiger partial charge in [0.05, 0.1) is 18.3 Å². The quantitative estimate of drug-likeness (QED) is 0.919. The molecule has 1 N–H and O–H groups in total. The monoisotopic (exact) mass is 274 g/mol. The Morgan fingerprint density at radius 3 is 2.80 bits per heavy atom. The van der Waals surface area contributed by atoms with E-state index in [0.717, 1.165) is 18.5 Å². The van der Waals surface area contributed by atoms with Crippen LogP contribution in [-0.2, 0) is 11.3 Å². The minimum Gasteiger partial charge on any atom is -0.378 e. The number of rotatable bonds is 3. The highest BCUT2D eigenvalue weighted by Crippen LogP contribution is 2.28. The average Bonchev–Trinajstić information content (AvgIpc) is 2.82. The minimum atomic E-state index is 0.0361. The molecule has 0 aliphatic heterocycles. The van der Waals surface area contributed by atoms with Crippen LogP contribution >= 0.6 is 15.9 Å². The lowest BCUT2D eigenvalue weighted by Gasteiger charge is -2.09. The fraction of sp³-hybridized carbons (Fsp3) is 0.700. The van der Waals surface area contributed by atoms with Crippen molar-refractivity contribution in [1.82, 2.24) is 9.78 Å². The molecule has 0 atom stereocenters. The molecule has 15 heavy (non-hydrogen) atoms. The van der Waals surface area contributed by atoms with Crippen molar-refractivity contribution >= 4 is 15.9 Å². The largest absolute Gasteiger partial charge is 0.378 e. The van der Waals surface area contributed by atoms with Crippen LogP contribution in [0, 0.1) is 0 Å². The van der Waals surface area contributed by atoms with Gasteiger partial charge in [-0.05, 0) is 28.8 Å². The molecule has 1 aliphatic rings. The van der Waals surface area contributed by atoms with E-state index >= 15 is 0 Å². The maximum absolute atomic E-state index is 11.9. The molecule has 1 aromatic heterocycles. The Hall–Kier alpha value is -0.550. The summed E-state index contributed by atoms with van der Waals surface area (Å²) in [6.07, 6.45) is 4.62. The molecule has 1 fully saturated rings. The molecule has 5 heteroatoms. The first-order valence-electron chi connectivity index (χ1n) is 5.22. The minimum absolute atomic E-state index is 0.0361. The summed E-state index contributed by atoms with van der Waals surface area (Å²) in [5.74, 6) is 0. The van der Waals surface area contributed by atoms with E-state index in [-0.39, 0.29) is 5.56 Å². The maximum Gasteiger partial charge on any atom is 0.281 e. The van der Waals surface area contributed by atoms with E-state index in [1.807, 2.05) is 0 Å².